The highest BCUT2D eigenvalue weighted by Crippen LogP contribution is 2.36. The molecule has 1 aliphatic heterocycles. The molecule has 1 heterocycles. The zero-order valence-electron chi connectivity index (χ0n) is 19.7. The molecule has 2 aromatic rings. The van der Waals surface area contributed by atoms with E-state index in [-0.39, 0.29) is 18.7 Å². The third kappa shape index (κ3) is 5.01. The summed E-state index contributed by atoms with van der Waals surface area (Å²) in [6.07, 6.45) is -0.225. The van der Waals surface area contributed by atoms with Crippen molar-refractivity contribution in [2.45, 2.75) is 65.5 Å². The van der Waals surface area contributed by atoms with Crippen molar-refractivity contribution in [3.05, 3.63) is 65.7 Å². The van der Waals surface area contributed by atoms with E-state index in [1.807, 2.05) is 42.5 Å². The molecule has 1 atom stereocenters. The molecule has 3 rings (SSSR count). The van der Waals surface area contributed by atoms with Gasteiger partial charge in [-0.2, -0.15) is 0 Å². The highest BCUT2D eigenvalue weighted by atomic mass is 16.6. The van der Waals surface area contributed by atoms with Gasteiger partial charge in [0, 0.05) is 18.3 Å². The third-order valence-electron chi connectivity index (χ3n) is 5.30. The first-order valence-electron chi connectivity index (χ1n) is 10.8. The molecule has 0 radical (unpaired) electrons. The van der Waals surface area contributed by atoms with Gasteiger partial charge in [-0.25, -0.2) is 9.69 Å². The van der Waals surface area contributed by atoms with Gasteiger partial charge in [0.25, 0.3) is 5.91 Å². The van der Waals surface area contributed by atoms with Crippen molar-refractivity contribution in [2.24, 2.45) is 5.41 Å². The van der Waals surface area contributed by atoms with Crippen LogP contribution in [0.5, 0.6) is 0 Å². The van der Waals surface area contributed by atoms with E-state index in [0.29, 0.717) is 5.69 Å². The van der Waals surface area contributed by atoms with E-state index in [2.05, 4.69) is 5.32 Å². The average Bonchev–Trinajstić information content (AvgIpc) is 2.67. The summed E-state index contributed by atoms with van der Waals surface area (Å²) >= 11 is 0. The van der Waals surface area contributed by atoms with Crippen LogP contribution in [0, 0.1) is 5.41 Å². The summed E-state index contributed by atoms with van der Waals surface area (Å²) in [5.74, 6) is -0.753. The number of anilines is 1. The summed E-state index contributed by atoms with van der Waals surface area (Å²) in [6.45, 7) is 10.7. The van der Waals surface area contributed by atoms with Crippen LogP contribution in [0.15, 0.2) is 54.6 Å². The number of amides is 3. The van der Waals surface area contributed by atoms with Crippen LogP contribution in [-0.4, -0.2) is 29.0 Å². The Kier molecular flexibility index (Phi) is 6.18. The molecular weight excluding hydrogens is 404 g/mol. The molecule has 6 heteroatoms. The Labute approximate surface area is 189 Å². The van der Waals surface area contributed by atoms with Crippen LogP contribution in [0.25, 0.3) is 0 Å². The van der Waals surface area contributed by atoms with Crippen molar-refractivity contribution in [3.8, 4) is 0 Å². The third-order valence-corrected chi connectivity index (χ3v) is 5.30. The number of imide groups is 1. The quantitative estimate of drug-likeness (QED) is 0.760. The van der Waals surface area contributed by atoms with Crippen LogP contribution in [0.4, 0.5) is 10.5 Å². The normalized spacial score (nSPS) is 18.7. The summed E-state index contributed by atoms with van der Waals surface area (Å²) in [4.78, 5) is 41.4. The summed E-state index contributed by atoms with van der Waals surface area (Å²) in [5, 5.41) is 3.02. The van der Waals surface area contributed by atoms with Crippen molar-refractivity contribution in [3.63, 3.8) is 0 Å². The number of carbonyl (C=O) groups is 3. The molecule has 0 saturated heterocycles. The molecule has 1 unspecified atom stereocenters. The number of para-hydroxylation sites is 1. The first kappa shape index (κ1) is 23.5. The van der Waals surface area contributed by atoms with Crippen molar-refractivity contribution in [2.75, 3.05) is 4.90 Å². The summed E-state index contributed by atoms with van der Waals surface area (Å²) in [6, 6.07) is 16.8. The lowest BCUT2D eigenvalue weighted by molar-refractivity contribution is -0.136. The van der Waals surface area contributed by atoms with E-state index in [1.165, 1.54) is 0 Å². The fraction of sp³-hybridized carbons (Fsp3) is 0.423. The second-order valence-electron chi connectivity index (χ2n) is 10.4. The Morgan fingerprint density at radius 3 is 2.16 bits per heavy atom. The number of rotatable bonds is 3. The minimum absolute atomic E-state index is 0.252. The Morgan fingerprint density at radius 1 is 0.969 bits per heavy atom. The van der Waals surface area contributed by atoms with Crippen LogP contribution >= 0.6 is 0 Å². The van der Waals surface area contributed by atoms with Crippen molar-refractivity contribution >= 4 is 23.6 Å². The predicted octanol–water partition coefficient (Wildman–Crippen LogP) is 4.65. The highest BCUT2D eigenvalue weighted by molar-refractivity contribution is 6.18. The van der Waals surface area contributed by atoms with Gasteiger partial charge in [-0.05, 0) is 38.0 Å². The molecule has 32 heavy (non-hydrogen) atoms. The lowest BCUT2D eigenvalue weighted by Gasteiger charge is -2.43. The standard InChI is InChI=1S/C26H32N2O4/c1-24(2,3)21(29)27-26(16-18-12-8-7-9-13-18)17-19-14-10-11-15-20(19)28(22(26)30)23(31)32-25(4,5)6/h7-15H,16-17H2,1-6H3,(H,27,29). The smallest absolute Gasteiger partial charge is 0.421 e. The lowest BCUT2D eigenvalue weighted by Crippen LogP contribution is -2.67. The van der Waals surface area contributed by atoms with Crippen LogP contribution in [-0.2, 0) is 27.2 Å². The van der Waals surface area contributed by atoms with E-state index in [4.69, 9.17) is 4.74 Å². The maximum absolute atomic E-state index is 14.0. The molecular formula is C26H32N2O4. The largest absolute Gasteiger partial charge is 0.443 e. The molecule has 0 aromatic heterocycles. The monoisotopic (exact) mass is 436 g/mol. The van der Waals surface area contributed by atoms with Gasteiger partial charge in [0.05, 0.1) is 5.69 Å². The summed E-state index contributed by atoms with van der Waals surface area (Å²) in [7, 11) is 0. The minimum Gasteiger partial charge on any atom is -0.443 e. The van der Waals surface area contributed by atoms with Gasteiger partial charge in [0.15, 0.2) is 0 Å². The maximum atomic E-state index is 14.0. The molecule has 0 spiro atoms. The molecule has 170 valence electrons. The lowest BCUT2D eigenvalue weighted by atomic mass is 9.78. The highest BCUT2D eigenvalue weighted by Gasteiger charge is 2.51. The second-order valence-corrected chi connectivity index (χ2v) is 10.4. The first-order valence-corrected chi connectivity index (χ1v) is 10.8. The Bertz CT molecular complexity index is 1020. The van der Waals surface area contributed by atoms with E-state index in [1.54, 1.807) is 53.7 Å². The number of carbonyl (C=O) groups excluding carboxylic acids is 3. The molecule has 0 bridgehead atoms. The van der Waals surface area contributed by atoms with Gasteiger partial charge >= 0.3 is 6.09 Å². The zero-order chi connectivity index (χ0) is 23.7. The molecule has 0 saturated carbocycles. The van der Waals surface area contributed by atoms with Gasteiger partial charge < -0.3 is 10.1 Å². The SMILES string of the molecule is CC(C)(C)OC(=O)N1C(=O)C(Cc2ccccc2)(NC(=O)C(C)(C)C)Cc2ccccc21. The van der Waals surface area contributed by atoms with Crippen LogP contribution in [0.3, 0.4) is 0 Å². The van der Waals surface area contributed by atoms with Crippen LogP contribution < -0.4 is 10.2 Å². The second kappa shape index (κ2) is 8.41. The van der Waals surface area contributed by atoms with Crippen molar-refractivity contribution in [1.29, 1.82) is 0 Å². The fourth-order valence-electron chi connectivity index (χ4n) is 3.72. The summed E-state index contributed by atoms with van der Waals surface area (Å²) < 4.78 is 5.57. The fourth-order valence-corrected chi connectivity index (χ4v) is 3.72. The zero-order valence-corrected chi connectivity index (χ0v) is 19.7. The first-order chi connectivity index (χ1) is 14.8. The Morgan fingerprint density at radius 2 is 1.56 bits per heavy atom. The molecule has 1 N–H and O–H groups in total. The van der Waals surface area contributed by atoms with Crippen LogP contribution in [0.1, 0.15) is 52.7 Å². The number of nitrogens with zero attached hydrogens (tertiary/aromatic N) is 1. The number of ether oxygens (including phenoxy) is 1. The number of nitrogens with one attached hydrogen (secondary N) is 1. The molecule has 0 fully saturated rings. The van der Waals surface area contributed by atoms with Gasteiger partial charge in [-0.1, -0.05) is 69.3 Å². The number of benzene rings is 2. The molecule has 0 aliphatic carbocycles. The maximum Gasteiger partial charge on any atom is 0.421 e. The minimum atomic E-state index is -1.32. The Balaban J connectivity index is 2.14. The number of hydrogen-bond acceptors (Lipinski definition) is 4. The van der Waals surface area contributed by atoms with Gasteiger partial charge in [-0.3, -0.25) is 9.59 Å². The van der Waals surface area contributed by atoms with Crippen molar-refractivity contribution in [1.82, 2.24) is 5.32 Å². The molecule has 6 nitrogen and oxygen atoms in total. The number of hydrogen-bond donors (Lipinski definition) is 1. The van der Waals surface area contributed by atoms with E-state index < -0.39 is 28.6 Å². The Hall–Kier alpha value is -3.15. The van der Waals surface area contributed by atoms with Gasteiger partial charge in [0.1, 0.15) is 11.1 Å². The topological polar surface area (TPSA) is 75.7 Å². The number of fused-ring (bicyclic) bond motifs is 1. The predicted molar refractivity (Wildman–Crippen MR) is 124 cm³/mol. The van der Waals surface area contributed by atoms with Gasteiger partial charge in [-0.15, -0.1) is 0 Å². The van der Waals surface area contributed by atoms with E-state index in [0.717, 1.165) is 16.0 Å². The van der Waals surface area contributed by atoms with Crippen molar-refractivity contribution < 1.29 is 19.1 Å². The van der Waals surface area contributed by atoms with E-state index in [9.17, 15) is 14.4 Å². The molecule has 1 aliphatic rings. The molecule has 2 aromatic carbocycles. The van der Waals surface area contributed by atoms with E-state index >= 15 is 0 Å². The summed E-state index contributed by atoms with van der Waals surface area (Å²) in [5.41, 5.74) is -0.642. The average molecular weight is 437 g/mol. The van der Waals surface area contributed by atoms with Gasteiger partial charge in [0.2, 0.25) is 5.91 Å². The molecule has 3 amide bonds. The van der Waals surface area contributed by atoms with Crippen LogP contribution in [0.2, 0.25) is 0 Å².